The summed E-state index contributed by atoms with van der Waals surface area (Å²) in [5.74, 6) is -0.396. The van der Waals surface area contributed by atoms with Crippen molar-refractivity contribution in [3.63, 3.8) is 0 Å². The molecule has 0 bridgehead atoms. The van der Waals surface area contributed by atoms with Crippen LogP contribution in [0.3, 0.4) is 0 Å². The van der Waals surface area contributed by atoms with Crippen LogP contribution in [0.5, 0.6) is 0 Å². The average molecular weight is 591 g/mol. The lowest BCUT2D eigenvalue weighted by molar-refractivity contribution is -0.394. The number of nitro benzene ring substituents is 2. The Morgan fingerprint density at radius 1 is 1.02 bits per heavy atom. The summed E-state index contributed by atoms with van der Waals surface area (Å²) in [6.45, 7) is 8.05. The number of non-ortho nitro benzene ring substituents is 2. The molecule has 3 aliphatic rings. The molecule has 44 heavy (non-hydrogen) atoms. The van der Waals surface area contributed by atoms with Gasteiger partial charge in [0.15, 0.2) is 0 Å². The molecular formula is C34H30N4O6. The summed E-state index contributed by atoms with van der Waals surface area (Å²) in [7, 11) is 0. The molecular weight excluding hydrogens is 560 g/mol. The lowest BCUT2D eigenvalue weighted by Gasteiger charge is -2.30. The van der Waals surface area contributed by atoms with Crippen LogP contribution in [0, 0.1) is 20.2 Å². The molecule has 0 spiro atoms. The average Bonchev–Trinajstić information content (AvgIpc) is 3.44. The van der Waals surface area contributed by atoms with E-state index >= 15 is 0 Å². The molecule has 1 unspecified atom stereocenters. The molecule has 10 heteroatoms. The van der Waals surface area contributed by atoms with Crippen molar-refractivity contribution in [2.24, 2.45) is 4.99 Å². The van der Waals surface area contributed by atoms with E-state index in [2.05, 4.69) is 0 Å². The van der Waals surface area contributed by atoms with Crippen molar-refractivity contribution in [1.29, 1.82) is 0 Å². The van der Waals surface area contributed by atoms with Gasteiger partial charge in [0, 0.05) is 41.4 Å². The molecule has 2 heterocycles. The van der Waals surface area contributed by atoms with Crippen LogP contribution < -0.4 is 4.90 Å². The minimum atomic E-state index is -0.655. The van der Waals surface area contributed by atoms with Crippen LogP contribution in [0.25, 0.3) is 0 Å². The maximum atomic E-state index is 13.7. The molecule has 10 nitrogen and oxygen atoms in total. The van der Waals surface area contributed by atoms with Crippen LogP contribution >= 0.6 is 0 Å². The molecule has 222 valence electrons. The minimum Gasteiger partial charge on any atom is -0.506 e. The van der Waals surface area contributed by atoms with Crippen LogP contribution in [0.1, 0.15) is 56.7 Å². The van der Waals surface area contributed by atoms with Crippen molar-refractivity contribution in [3.8, 4) is 0 Å². The standard InChI is InChI=1S/C34H30N4O6/c1-5-23(31-19(2)24-10-6-8-12-27(24)35-31)30-32(39)25(33(30)40)17-29-34(3,4)26-11-7-9-13-28(26)36(29)18-20-14-21(37(41)42)16-22(15-20)38(43)44/h6-17,19,39H,5,18H2,1-4H3. The molecule has 6 rings (SSSR count). The number of Topliss-reactive ketones (excluding diaryl/α,β-unsaturated/α-hetero) is 1. The number of nitrogens with zero attached hydrogens (tertiary/aromatic N) is 4. The van der Waals surface area contributed by atoms with Crippen LogP contribution in [0.2, 0.25) is 0 Å². The highest BCUT2D eigenvalue weighted by molar-refractivity contribution is 6.26. The number of ketones is 1. The zero-order chi connectivity index (χ0) is 31.5. The molecule has 2 aliphatic heterocycles. The second kappa shape index (κ2) is 10.4. The van der Waals surface area contributed by atoms with Gasteiger partial charge < -0.3 is 10.0 Å². The predicted octanol–water partition coefficient (Wildman–Crippen LogP) is 7.68. The molecule has 0 aromatic heterocycles. The van der Waals surface area contributed by atoms with E-state index in [9.17, 15) is 30.1 Å². The van der Waals surface area contributed by atoms with Crippen molar-refractivity contribution >= 4 is 34.2 Å². The Balaban J connectivity index is 1.44. The van der Waals surface area contributed by atoms with Crippen LogP contribution in [0.4, 0.5) is 22.7 Å². The lowest BCUT2D eigenvalue weighted by Crippen LogP contribution is -2.30. The first-order chi connectivity index (χ1) is 20.9. The third-order valence-electron chi connectivity index (χ3n) is 8.79. The largest absolute Gasteiger partial charge is 0.506 e. The van der Waals surface area contributed by atoms with Crippen molar-refractivity contribution in [1.82, 2.24) is 0 Å². The first-order valence-corrected chi connectivity index (χ1v) is 14.3. The normalized spacial score (nSPS) is 20.3. The summed E-state index contributed by atoms with van der Waals surface area (Å²) in [6, 6.07) is 19.1. The molecule has 0 saturated heterocycles. The number of carbonyl (C=O) groups excluding carboxylic acids is 1. The topological polar surface area (TPSA) is 139 Å². The van der Waals surface area contributed by atoms with Gasteiger partial charge in [-0.05, 0) is 46.9 Å². The fourth-order valence-electron chi connectivity index (χ4n) is 6.53. The lowest BCUT2D eigenvalue weighted by atomic mass is 9.77. The Morgan fingerprint density at radius 3 is 2.27 bits per heavy atom. The summed E-state index contributed by atoms with van der Waals surface area (Å²) in [6.07, 6.45) is 2.19. The maximum absolute atomic E-state index is 13.7. The number of nitro groups is 2. The van der Waals surface area contributed by atoms with Crippen molar-refractivity contribution in [2.75, 3.05) is 4.90 Å². The zero-order valence-corrected chi connectivity index (χ0v) is 24.7. The van der Waals surface area contributed by atoms with Gasteiger partial charge in [0.1, 0.15) is 5.76 Å². The van der Waals surface area contributed by atoms with E-state index in [1.54, 1.807) is 6.08 Å². The van der Waals surface area contributed by atoms with E-state index < -0.39 is 15.3 Å². The third-order valence-corrected chi connectivity index (χ3v) is 8.79. The fourth-order valence-corrected chi connectivity index (χ4v) is 6.53. The Hall–Kier alpha value is -5.38. The monoisotopic (exact) mass is 590 g/mol. The number of allylic oxidation sites excluding steroid dienone is 5. The number of fused-ring (bicyclic) bond motifs is 2. The van der Waals surface area contributed by atoms with Gasteiger partial charge in [-0.25, -0.2) is 0 Å². The van der Waals surface area contributed by atoms with Gasteiger partial charge in [-0.15, -0.1) is 0 Å². The molecule has 0 fully saturated rings. The van der Waals surface area contributed by atoms with E-state index in [0.717, 1.165) is 34.3 Å². The Kier molecular flexibility index (Phi) is 6.80. The first kappa shape index (κ1) is 28.7. The Labute approximate surface area is 253 Å². The predicted molar refractivity (Wildman–Crippen MR) is 167 cm³/mol. The smallest absolute Gasteiger partial charge is 0.276 e. The number of aliphatic hydroxyl groups excluding tert-OH is 1. The van der Waals surface area contributed by atoms with E-state index in [1.165, 1.54) is 12.1 Å². The van der Waals surface area contributed by atoms with Gasteiger partial charge >= 0.3 is 0 Å². The summed E-state index contributed by atoms with van der Waals surface area (Å²) in [4.78, 5) is 42.3. The number of rotatable bonds is 7. The minimum absolute atomic E-state index is 0.0191. The van der Waals surface area contributed by atoms with Crippen molar-refractivity contribution < 1.29 is 19.7 Å². The highest BCUT2D eigenvalue weighted by Gasteiger charge is 2.43. The number of carbonyl (C=O) groups is 1. The highest BCUT2D eigenvalue weighted by Crippen LogP contribution is 2.50. The molecule has 0 saturated carbocycles. The molecule has 1 N–H and O–H groups in total. The van der Waals surface area contributed by atoms with E-state index in [0.29, 0.717) is 23.3 Å². The van der Waals surface area contributed by atoms with Gasteiger partial charge in [-0.1, -0.05) is 64.1 Å². The fraction of sp³-hybridized carbons (Fsp3) is 0.235. The Bertz CT molecular complexity index is 1880. The SMILES string of the molecule is CCC(C1=Nc2ccccc2C1C)=C1C(=O)C(C=C2N(Cc3cc([N+](=O)[O-])cc([N+](=O)[O-])c3)c3ccccc3C2(C)C)=C1O. The Morgan fingerprint density at radius 2 is 1.66 bits per heavy atom. The number of aliphatic imine (C=N–C) groups is 1. The number of benzene rings is 3. The van der Waals surface area contributed by atoms with Gasteiger partial charge in [0.25, 0.3) is 11.4 Å². The summed E-state index contributed by atoms with van der Waals surface area (Å²) in [5, 5.41) is 34.5. The molecule has 0 radical (unpaired) electrons. The quantitative estimate of drug-likeness (QED) is 0.169. The summed E-state index contributed by atoms with van der Waals surface area (Å²) >= 11 is 0. The first-order valence-electron chi connectivity index (χ1n) is 14.3. The summed E-state index contributed by atoms with van der Waals surface area (Å²) < 4.78 is 0. The van der Waals surface area contributed by atoms with Crippen LogP contribution in [-0.2, 0) is 16.8 Å². The third kappa shape index (κ3) is 4.41. The molecule has 3 aromatic rings. The summed E-state index contributed by atoms with van der Waals surface area (Å²) in [5.41, 5.74) is 5.30. The second-order valence-electron chi connectivity index (χ2n) is 11.7. The van der Waals surface area contributed by atoms with Crippen molar-refractivity contribution in [3.05, 3.63) is 138 Å². The highest BCUT2D eigenvalue weighted by atomic mass is 16.6. The maximum Gasteiger partial charge on any atom is 0.276 e. The number of aliphatic hydroxyl groups is 1. The van der Waals surface area contributed by atoms with E-state index in [-0.39, 0.29) is 46.5 Å². The molecule has 3 aromatic carbocycles. The van der Waals surface area contributed by atoms with Gasteiger partial charge in [0.2, 0.25) is 5.78 Å². The van der Waals surface area contributed by atoms with E-state index in [4.69, 9.17) is 4.99 Å². The van der Waals surface area contributed by atoms with E-state index in [1.807, 2.05) is 81.1 Å². The number of anilines is 1. The zero-order valence-electron chi connectivity index (χ0n) is 24.7. The molecule has 1 aliphatic carbocycles. The van der Waals surface area contributed by atoms with Gasteiger partial charge in [-0.2, -0.15) is 0 Å². The molecule has 1 atom stereocenters. The van der Waals surface area contributed by atoms with Gasteiger partial charge in [0.05, 0.1) is 38.5 Å². The van der Waals surface area contributed by atoms with Crippen LogP contribution in [-0.4, -0.2) is 26.4 Å². The number of hydrogen-bond acceptors (Lipinski definition) is 8. The van der Waals surface area contributed by atoms with Crippen LogP contribution in [0.15, 0.2) is 106 Å². The van der Waals surface area contributed by atoms with Crippen molar-refractivity contribution in [2.45, 2.75) is 52.0 Å². The second-order valence-corrected chi connectivity index (χ2v) is 11.7. The number of hydrogen-bond donors (Lipinski definition) is 1. The van der Waals surface area contributed by atoms with Gasteiger partial charge in [-0.3, -0.25) is 30.0 Å². The molecule has 0 amide bonds. The number of para-hydroxylation sites is 2.